The highest BCUT2D eigenvalue weighted by Gasteiger charge is 2.39. The maximum absolute atomic E-state index is 12.9. The molecule has 0 saturated carbocycles. The second-order valence-corrected chi connectivity index (χ2v) is 8.82. The highest BCUT2D eigenvalue weighted by Crippen LogP contribution is 2.36. The maximum Gasteiger partial charge on any atom is 0.291 e. The van der Waals surface area contributed by atoms with Gasteiger partial charge in [0.1, 0.15) is 0 Å². The highest BCUT2D eigenvalue weighted by molar-refractivity contribution is 7.86. The van der Waals surface area contributed by atoms with E-state index in [0.717, 1.165) is 11.3 Å². The van der Waals surface area contributed by atoms with Gasteiger partial charge in [0.2, 0.25) is 5.78 Å². The van der Waals surface area contributed by atoms with Crippen LogP contribution in [0.2, 0.25) is 0 Å². The molecule has 0 aromatic heterocycles. The van der Waals surface area contributed by atoms with Gasteiger partial charge in [-0.25, -0.2) is 0 Å². The predicted octanol–water partition coefficient (Wildman–Crippen LogP) is 1.18. The second-order valence-electron chi connectivity index (χ2n) is 6.89. The van der Waals surface area contributed by atoms with Crippen molar-refractivity contribution in [3.8, 4) is 0 Å². The average molecular weight is 407 g/mol. The Balaban J connectivity index is 1.68. The van der Waals surface area contributed by atoms with Crippen LogP contribution in [0.1, 0.15) is 32.3 Å². The van der Waals surface area contributed by atoms with Crippen LogP contribution >= 0.6 is 0 Å². The first-order valence-corrected chi connectivity index (χ1v) is 10.9. The Bertz CT molecular complexity index is 900. The summed E-state index contributed by atoms with van der Waals surface area (Å²) in [5.41, 5.74) is 2.09. The van der Waals surface area contributed by atoms with Crippen LogP contribution in [0, 0.1) is 0 Å². The van der Waals surface area contributed by atoms with Gasteiger partial charge in [0.05, 0.1) is 11.6 Å². The lowest BCUT2D eigenvalue weighted by Gasteiger charge is -2.36. The Hall–Kier alpha value is -2.10. The minimum Gasteiger partial charge on any atom is -0.333 e. The van der Waals surface area contributed by atoms with Crippen LogP contribution in [0.25, 0.3) is 0 Å². The molecule has 2 aliphatic rings. The molecule has 8 nitrogen and oxygen atoms in total. The van der Waals surface area contributed by atoms with Gasteiger partial charge >= 0.3 is 0 Å². The summed E-state index contributed by atoms with van der Waals surface area (Å²) in [7, 11) is -3.53. The number of hydrogen-bond acceptors (Lipinski definition) is 5. The SMILES string of the molecule is CCN(CC)S(=O)(=O)N1CCN(C(=O)C(=O)C2C(C)=Nc3ccccc32)CC1. The van der Waals surface area contributed by atoms with Crippen LogP contribution in [0.5, 0.6) is 0 Å². The molecule has 1 aromatic carbocycles. The van der Waals surface area contributed by atoms with Crippen LogP contribution in [0.4, 0.5) is 5.69 Å². The number of aliphatic imine (C=N–C) groups is 1. The third kappa shape index (κ3) is 3.61. The van der Waals surface area contributed by atoms with Gasteiger partial charge in [0, 0.05) is 45.0 Å². The van der Waals surface area contributed by atoms with E-state index in [1.54, 1.807) is 20.8 Å². The van der Waals surface area contributed by atoms with E-state index in [1.165, 1.54) is 13.5 Å². The molecule has 2 aliphatic heterocycles. The molecule has 3 rings (SSSR count). The number of carbonyl (C=O) groups excluding carboxylic acids is 2. The Labute approximate surface area is 166 Å². The smallest absolute Gasteiger partial charge is 0.291 e. The van der Waals surface area contributed by atoms with E-state index in [-0.39, 0.29) is 26.2 Å². The number of amides is 1. The molecule has 1 unspecified atom stereocenters. The molecule has 1 atom stereocenters. The van der Waals surface area contributed by atoms with E-state index in [1.807, 2.05) is 24.3 Å². The van der Waals surface area contributed by atoms with Crippen LogP contribution < -0.4 is 0 Å². The van der Waals surface area contributed by atoms with Crippen LogP contribution in [0.3, 0.4) is 0 Å². The molecule has 2 heterocycles. The fourth-order valence-corrected chi connectivity index (χ4v) is 5.36. The van der Waals surface area contributed by atoms with Gasteiger partial charge < -0.3 is 4.90 Å². The quantitative estimate of drug-likeness (QED) is 0.664. The third-order valence-electron chi connectivity index (χ3n) is 5.32. The Kier molecular flexibility index (Phi) is 5.97. The van der Waals surface area contributed by atoms with Crippen molar-refractivity contribution >= 4 is 33.3 Å². The molecule has 28 heavy (non-hydrogen) atoms. The summed E-state index contributed by atoms with van der Waals surface area (Å²) in [4.78, 5) is 31.5. The van der Waals surface area contributed by atoms with Crippen molar-refractivity contribution in [1.82, 2.24) is 13.5 Å². The molecule has 0 N–H and O–H groups in total. The van der Waals surface area contributed by atoms with Crippen LogP contribution in [0.15, 0.2) is 29.3 Å². The molecule has 1 amide bonds. The zero-order valence-corrected chi connectivity index (χ0v) is 17.3. The Morgan fingerprint density at radius 2 is 1.71 bits per heavy atom. The Morgan fingerprint density at radius 3 is 2.32 bits per heavy atom. The first kappa shape index (κ1) is 20.6. The normalized spacial score (nSPS) is 20.2. The van der Waals surface area contributed by atoms with Gasteiger partial charge in [-0.1, -0.05) is 32.0 Å². The maximum atomic E-state index is 12.9. The van der Waals surface area contributed by atoms with E-state index in [0.29, 0.717) is 18.8 Å². The van der Waals surface area contributed by atoms with Crippen molar-refractivity contribution in [3.05, 3.63) is 29.8 Å². The van der Waals surface area contributed by atoms with E-state index >= 15 is 0 Å². The minimum absolute atomic E-state index is 0.187. The summed E-state index contributed by atoms with van der Waals surface area (Å²) in [6.07, 6.45) is 0. The number of para-hydroxylation sites is 1. The molecule has 9 heteroatoms. The zero-order chi connectivity index (χ0) is 20.5. The summed E-state index contributed by atoms with van der Waals surface area (Å²) >= 11 is 0. The highest BCUT2D eigenvalue weighted by atomic mass is 32.2. The summed E-state index contributed by atoms with van der Waals surface area (Å²) in [6, 6.07) is 7.32. The second kappa shape index (κ2) is 8.10. The first-order valence-electron chi connectivity index (χ1n) is 9.53. The number of carbonyl (C=O) groups is 2. The van der Waals surface area contributed by atoms with Crippen molar-refractivity contribution < 1.29 is 18.0 Å². The number of nitrogens with zero attached hydrogens (tertiary/aromatic N) is 4. The number of benzene rings is 1. The molecule has 0 radical (unpaired) electrons. The van der Waals surface area contributed by atoms with Gasteiger partial charge in [-0.2, -0.15) is 17.0 Å². The van der Waals surface area contributed by atoms with E-state index < -0.39 is 27.8 Å². The summed E-state index contributed by atoms with van der Waals surface area (Å²) in [5, 5.41) is 0. The molecule has 1 aromatic rings. The van der Waals surface area contributed by atoms with Crippen molar-refractivity contribution in [3.63, 3.8) is 0 Å². The number of hydrogen-bond donors (Lipinski definition) is 0. The van der Waals surface area contributed by atoms with Gasteiger partial charge in [0.25, 0.3) is 16.1 Å². The molecule has 152 valence electrons. The standard InChI is InChI=1S/C19H26N4O4S/c1-4-22(5-2)28(26,27)23-12-10-21(11-13-23)19(25)18(24)17-14(3)20-16-9-7-6-8-15(16)17/h6-9,17H,4-5,10-13H2,1-3H3. The molecule has 1 fully saturated rings. The number of ketones is 1. The fraction of sp³-hybridized carbons (Fsp3) is 0.526. The topological polar surface area (TPSA) is 90.4 Å². The molecular weight excluding hydrogens is 380 g/mol. The summed E-state index contributed by atoms with van der Waals surface area (Å²) < 4.78 is 28.0. The molecular formula is C19H26N4O4S. The molecule has 0 aliphatic carbocycles. The monoisotopic (exact) mass is 406 g/mol. The molecule has 0 bridgehead atoms. The predicted molar refractivity (Wildman–Crippen MR) is 107 cm³/mol. The number of Topliss-reactive ketones (excluding diaryl/α,β-unsaturated/α-hetero) is 1. The lowest BCUT2D eigenvalue weighted by atomic mass is 9.91. The Morgan fingerprint density at radius 1 is 1.11 bits per heavy atom. The molecule has 0 spiro atoms. The molecule has 1 saturated heterocycles. The number of fused-ring (bicyclic) bond motifs is 1. The first-order chi connectivity index (χ1) is 13.3. The third-order valence-corrected chi connectivity index (χ3v) is 7.51. The zero-order valence-electron chi connectivity index (χ0n) is 16.5. The van der Waals surface area contributed by atoms with Gasteiger partial charge in [-0.15, -0.1) is 0 Å². The minimum atomic E-state index is -3.53. The van der Waals surface area contributed by atoms with E-state index in [2.05, 4.69) is 4.99 Å². The number of rotatable bonds is 6. The van der Waals surface area contributed by atoms with Crippen molar-refractivity contribution in [2.45, 2.75) is 26.7 Å². The van der Waals surface area contributed by atoms with E-state index in [4.69, 9.17) is 0 Å². The van der Waals surface area contributed by atoms with Gasteiger partial charge in [-0.3, -0.25) is 14.6 Å². The number of piperazine rings is 1. The van der Waals surface area contributed by atoms with Crippen molar-refractivity contribution in [1.29, 1.82) is 0 Å². The lowest BCUT2D eigenvalue weighted by molar-refractivity contribution is -0.145. The van der Waals surface area contributed by atoms with Gasteiger partial charge in [0.15, 0.2) is 0 Å². The summed E-state index contributed by atoms with van der Waals surface area (Å²) in [6.45, 7) is 6.92. The fourth-order valence-electron chi connectivity index (χ4n) is 3.76. The summed E-state index contributed by atoms with van der Waals surface area (Å²) in [5.74, 6) is -1.73. The largest absolute Gasteiger partial charge is 0.333 e. The average Bonchev–Trinajstić information content (AvgIpc) is 3.03. The van der Waals surface area contributed by atoms with Crippen molar-refractivity contribution in [2.24, 2.45) is 4.99 Å². The van der Waals surface area contributed by atoms with Crippen LogP contribution in [-0.2, 0) is 19.8 Å². The van der Waals surface area contributed by atoms with Crippen LogP contribution in [-0.4, -0.2) is 78.6 Å². The van der Waals surface area contributed by atoms with E-state index in [9.17, 15) is 18.0 Å². The lowest BCUT2D eigenvalue weighted by Crippen LogP contribution is -2.55. The van der Waals surface area contributed by atoms with Crippen molar-refractivity contribution in [2.75, 3.05) is 39.3 Å². The van der Waals surface area contributed by atoms with Gasteiger partial charge in [-0.05, 0) is 18.6 Å².